The van der Waals surface area contributed by atoms with E-state index in [0.29, 0.717) is 24.8 Å². The fraction of sp³-hybridized carbons (Fsp3) is 0.571. The highest BCUT2D eigenvalue weighted by Crippen LogP contribution is 2.37. The van der Waals surface area contributed by atoms with E-state index in [-0.39, 0.29) is 36.2 Å². The van der Waals surface area contributed by atoms with Crippen LogP contribution in [0.4, 0.5) is 5.13 Å². The summed E-state index contributed by atoms with van der Waals surface area (Å²) in [5.74, 6) is 0.211. The van der Waals surface area contributed by atoms with E-state index in [1.165, 1.54) is 11.3 Å². The molecular formula is C21H27N3O4S. The lowest BCUT2D eigenvalue weighted by Gasteiger charge is -2.27. The second kappa shape index (κ2) is 8.28. The molecule has 0 spiro atoms. The van der Waals surface area contributed by atoms with Gasteiger partial charge in [-0.05, 0) is 38.0 Å². The average molecular weight is 418 g/mol. The number of fused-ring (bicyclic) bond motifs is 1. The van der Waals surface area contributed by atoms with Crippen molar-refractivity contribution in [1.29, 1.82) is 0 Å². The topological polar surface area (TPSA) is 91.8 Å². The molecule has 1 atom stereocenters. The Morgan fingerprint density at radius 2 is 2.21 bits per heavy atom. The van der Waals surface area contributed by atoms with E-state index in [4.69, 9.17) is 4.74 Å². The number of aromatic nitrogens is 1. The zero-order chi connectivity index (χ0) is 20.4. The van der Waals surface area contributed by atoms with Crippen LogP contribution in [0.1, 0.15) is 39.0 Å². The fourth-order valence-electron chi connectivity index (χ4n) is 4.27. The van der Waals surface area contributed by atoms with Crippen LogP contribution in [-0.2, 0) is 9.59 Å². The molecule has 156 valence electrons. The number of carbonyl (C=O) groups is 2. The number of thiazole rings is 1. The molecule has 1 aromatic carbocycles. The maximum absolute atomic E-state index is 12.7. The molecule has 2 aromatic rings. The lowest BCUT2D eigenvalue weighted by molar-refractivity contribution is -0.126. The molecule has 1 aromatic heterocycles. The van der Waals surface area contributed by atoms with E-state index in [1.807, 2.05) is 25.1 Å². The van der Waals surface area contributed by atoms with Gasteiger partial charge in [0.25, 0.3) is 0 Å². The van der Waals surface area contributed by atoms with Crippen LogP contribution in [0.5, 0.6) is 5.75 Å². The number of aliphatic hydroxyl groups is 1. The van der Waals surface area contributed by atoms with Gasteiger partial charge in [0.2, 0.25) is 11.8 Å². The van der Waals surface area contributed by atoms with Gasteiger partial charge < -0.3 is 15.2 Å². The maximum atomic E-state index is 12.7. The Morgan fingerprint density at radius 3 is 2.93 bits per heavy atom. The van der Waals surface area contributed by atoms with Crippen LogP contribution in [0, 0.1) is 11.3 Å². The minimum atomic E-state index is -0.384. The Morgan fingerprint density at radius 1 is 1.41 bits per heavy atom. The van der Waals surface area contributed by atoms with Crippen molar-refractivity contribution < 1.29 is 19.4 Å². The quantitative estimate of drug-likeness (QED) is 0.723. The van der Waals surface area contributed by atoms with Gasteiger partial charge in [0.1, 0.15) is 5.75 Å². The summed E-state index contributed by atoms with van der Waals surface area (Å²) in [5, 5.41) is 13.3. The number of hydrogen-bond donors (Lipinski definition) is 2. The van der Waals surface area contributed by atoms with Gasteiger partial charge in [0.15, 0.2) is 5.13 Å². The van der Waals surface area contributed by atoms with E-state index in [1.54, 1.807) is 4.90 Å². The second-order valence-corrected chi connectivity index (χ2v) is 9.06. The molecule has 2 aliphatic rings. The summed E-state index contributed by atoms with van der Waals surface area (Å²) in [6.45, 7) is 3.45. The normalized spacial score (nSPS) is 21.1. The number of hydrogen-bond acceptors (Lipinski definition) is 6. The number of ether oxygens (including phenoxy) is 1. The van der Waals surface area contributed by atoms with Crippen LogP contribution in [0.2, 0.25) is 0 Å². The minimum absolute atomic E-state index is 0.0769. The highest BCUT2D eigenvalue weighted by atomic mass is 32.1. The molecule has 1 aliphatic heterocycles. The first kappa shape index (κ1) is 20.1. The van der Waals surface area contributed by atoms with Crippen LogP contribution in [0.15, 0.2) is 18.2 Å². The van der Waals surface area contributed by atoms with Crippen molar-refractivity contribution in [3.63, 3.8) is 0 Å². The SMILES string of the molecule is CCOc1ccc2nc(N3CC(C(=O)NCC4(CO)CCCC4)CC3=O)sc2c1. The Bertz CT molecular complexity index is 906. The van der Waals surface area contributed by atoms with Gasteiger partial charge >= 0.3 is 0 Å². The summed E-state index contributed by atoms with van der Waals surface area (Å²) in [5.41, 5.74) is 0.628. The molecule has 4 rings (SSSR count). The third-order valence-corrected chi connectivity index (χ3v) is 7.06. The highest BCUT2D eigenvalue weighted by Gasteiger charge is 2.38. The molecule has 2 fully saturated rings. The molecule has 8 heteroatoms. The zero-order valence-electron chi connectivity index (χ0n) is 16.6. The van der Waals surface area contributed by atoms with Crippen molar-refractivity contribution in [3.8, 4) is 5.75 Å². The molecule has 29 heavy (non-hydrogen) atoms. The zero-order valence-corrected chi connectivity index (χ0v) is 17.5. The Kier molecular flexibility index (Phi) is 5.74. The van der Waals surface area contributed by atoms with Crippen molar-refractivity contribution in [3.05, 3.63) is 18.2 Å². The molecule has 0 radical (unpaired) electrons. The van der Waals surface area contributed by atoms with Gasteiger partial charge in [-0.2, -0.15) is 0 Å². The van der Waals surface area contributed by atoms with E-state index < -0.39 is 0 Å². The van der Waals surface area contributed by atoms with Gasteiger partial charge in [0.05, 0.1) is 29.3 Å². The summed E-state index contributed by atoms with van der Waals surface area (Å²) >= 11 is 1.44. The smallest absolute Gasteiger partial charge is 0.229 e. The molecule has 2 amide bonds. The lowest BCUT2D eigenvalue weighted by Crippen LogP contribution is -2.41. The van der Waals surface area contributed by atoms with Crippen molar-refractivity contribution in [1.82, 2.24) is 10.3 Å². The second-order valence-electron chi connectivity index (χ2n) is 8.05. The molecule has 1 saturated heterocycles. The summed E-state index contributed by atoms with van der Waals surface area (Å²) < 4.78 is 6.49. The van der Waals surface area contributed by atoms with Gasteiger partial charge in [0, 0.05) is 24.9 Å². The van der Waals surface area contributed by atoms with Gasteiger partial charge in [-0.1, -0.05) is 24.2 Å². The van der Waals surface area contributed by atoms with Crippen LogP contribution in [-0.4, -0.2) is 48.2 Å². The number of carbonyl (C=O) groups excluding carboxylic acids is 2. The van der Waals surface area contributed by atoms with Gasteiger partial charge in [-0.25, -0.2) is 4.98 Å². The van der Waals surface area contributed by atoms with Gasteiger partial charge in [-0.3, -0.25) is 14.5 Å². The van der Waals surface area contributed by atoms with Gasteiger partial charge in [-0.15, -0.1) is 0 Å². The number of aliphatic hydroxyl groups excluding tert-OH is 1. The Hall–Kier alpha value is -2.19. The first-order valence-electron chi connectivity index (χ1n) is 10.3. The summed E-state index contributed by atoms with van der Waals surface area (Å²) in [6, 6.07) is 5.69. The minimum Gasteiger partial charge on any atom is -0.494 e. The predicted molar refractivity (Wildman–Crippen MR) is 112 cm³/mol. The maximum Gasteiger partial charge on any atom is 0.229 e. The third-order valence-electron chi connectivity index (χ3n) is 6.02. The largest absolute Gasteiger partial charge is 0.494 e. The molecular weight excluding hydrogens is 390 g/mol. The molecule has 1 aliphatic carbocycles. The molecule has 2 N–H and O–H groups in total. The number of amides is 2. The number of anilines is 1. The van der Waals surface area contributed by atoms with Crippen molar-refractivity contribution >= 4 is 38.5 Å². The number of nitrogens with zero attached hydrogens (tertiary/aromatic N) is 2. The standard InChI is InChI=1S/C21H27N3O4S/c1-2-28-15-5-6-16-17(10-15)29-20(23-16)24-11-14(9-18(24)26)19(27)22-12-21(13-25)7-3-4-8-21/h5-6,10,14,25H,2-4,7-9,11-13H2,1H3,(H,22,27). The number of benzene rings is 1. The van der Waals surface area contributed by atoms with E-state index in [2.05, 4.69) is 10.3 Å². The molecule has 7 nitrogen and oxygen atoms in total. The molecule has 2 heterocycles. The third kappa shape index (κ3) is 4.09. The lowest BCUT2D eigenvalue weighted by atomic mass is 9.87. The Labute approximate surface area is 174 Å². The monoisotopic (exact) mass is 417 g/mol. The molecule has 0 bridgehead atoms. The van der Waals surface area contributed by atoms with Crippen LogP contribution >= 0.6 is 11.3 Å². The van der Waals surface area contributed by atoms with Crippen LogP contribution in [0.3, 0.4) is 0 Å². The van der Waals surface area contributed by atoms with Crippen molar-refractivity contribution in [2.24, 2.45) is 11.3 Å². The number of rotatable bonds is 7. The fourth-order valence-corrected chi connectivity index (χ4v) is 5.29. The van der Waals surface area contributed by atoms with E-state index in [9.17, 15) is 14.7 Å². The highest BCUT2D eigenvalue weighted by molar-refractivity contribution is 7.22. The Balaban J connectivity index is 1.42. The summed E-state index contributed by atoms with van der Waals surface area (Å²) in [7, 11) is 0. The van der Waals surface area contributed by atoms with Crippen LogP contribution in [0.25, 0.3) is 10.2 Å². The molecule has 1 saturated carbocycles. The van der Waals surface area contributed by atoms with Crippen molar-refractivity contribution in [2.75, 3.05) is 31.2 Å². The average Bonchev–Trinajstić information content (AvgIpc) is 3.44. The summed E-state index contributed by atoms with van der Waals surface area (Å²) in [6.07, 6.45) is 4.26. The van der Waals surface area contributed by atoms with E-state index in [0.717, 1.165) is 41.6 Å². The first-order chi connectivity index (χ1) is 14.0. The van der Waals surface area contributed by atoms with Crippen LogP contribution < -0.4 is 15.0 Å². The molecule has 1 unspecified atom stereocenters. The summed E-state index contributed by atoms with van der Waals surface area (Å²) in [4.78, 5) is 31.4. The predicted octanol–water partition coefficient (Wildman–Crippen LogP) is 2.72. The number of nitrogens with one attached hydrogen (secondary N) is 1. The first-order valence-corrected chi connectivity index (χ1v) is 11.1. The van der Waals surface area contributed by atoms with E-state index >= 15 is 0 Å². The van der Waals surface area contributed by atoms with Crippen molar-refractivity contribution in [2.45, 2.75) is 39.0 Å².